The monoisotopic (exact) mass is 346 g/mol. The molecular weight excluding hydrogens is 326 g/mol. The van der Waals surface area contributed by atoms with E-state index in [2.05, 4.69) is 10.2 Å². The van der Waals surface area contributed by atoms with Gasteiger partial charge in [0.05, 0.1) is 24.8 Å². The second-order valence-corrected chi connectivity index (χ2v) is 5.89. The van der Waals surface area contributed by atoms with Gasteiger partial charge in [-0.3, -0.25) is 9.69 Å². The lowest BCUT2D eigenvalue weighted by atomic mass is 10.0. The van der Waals surface area contributed by atoms with Gasteiger partial charge in [0.15, 0.2) is 11.6 Å². The van der Waals surface area contributed by atoms with Crippen molar-refractivity contribution in [3.63, 3.8) is 0 Å². The van der Waals surface area contributed by atoms with Crippen molar-refractivity contribution in [2.75, 3.05) is 32.8 Å². The zero-order valence-electron chi connectivity index (χ0n) is 13.8. The summed E-state index contributed by atoms with van der Waals surface area (Å²) in [6, 6.07) is 13.3. The third-order valence-corrected chi connectivity index (χ3v) is 4.32. The van der Waals surface area contributed by atoms with E-state index in [4.69, 9.17) is 4.74 Å². The van der Waals surface area contributed by atoms with Crippen LogP contribution in [0.15, 0.2) is 48.5 Å². The molecule has 0 aliphatic carbocycles. The first-order chi connectivity index (χ1) is 12.2. The summed E-state index contributed by atoms with van der Waals surface area (Å²) >= 11 is 0. The molecule has 0 radical (unpaired) electrons. The van der Waals surface area contributed by atoms with E-state index in [9.17, 15) is 13.6 Å². The predicted octanol–water partition coefficient (Wildman–Crippen LogP) is 2.77. The van der Waals surface area contributed by atoms with Crippen LogP contribution in [0.1, 0.15) is 22.0 Å². The lowest BCUT2D eigenvalue weighted by Gasteiger charge is -2.35. The van der Waals surface area contributed by atoms with Crippen LogP contribution in [0.25, 0.3) is 0 Å². The smallest absolute Gasteiger partial charge is 0.254 e. The van der Waals surface area contributed by atoms with Crippen molar-refractivity contribution in [3.05, 3.63) is 71.3 Å². The minimum Gasteiger partial charge on any atom is -0.379 e. The lowest BCUT2D eigenvalue weighted by Crippen LogP contribution is -2.43. The van der Waals surface area contributed by atoms with Crippen LogP contribution in [0.3, 0.4) is 0 Å². The molecule has 4 nitrogen and oxygen atoms in total. The Kier molecular flexibility index (Phi) is 5.73. The molecule has 2 aromatic carbocycles. The number of benzene rings is 2. The summed E-state index contributed by atoms with van der Waals surface area (Å²) in [6.07, 6.45) is 0. The van der Waals surface area contributed by atoms with Gasteiger partial charge in [-0.25, -0.2) is 8.78 Å². The number of morpholine rings is 1. The number of nitrogens with zero attached hydrogens (tertiary/aromatic N) is 1. The van der Waals surface area contributed by atoms with Crippen LogP contribution in [0.4, 0.5) is 8.78 Å². The van der Waals surface area contributed by atoms with Crippen molar-refractivity contribution in [1.29, 1.82) is 0 Å². The highest BCUT2D eigenvalue weighted by molar-refractivity contribution is 5.94. The van der Waals surface area contributed by atoms with E-state index in [1.54, 1.807) is 0 Å². The fraction of sp³-hybridized carbons (Fsp3) is 0.316. The number of ether oxygens (including phenoxy) is 1. The van der Waals surface area contributed by atoms with Crippen LogP contribution in [0.2, 0.25) is 0 Å². The van der Waals surface area contributed by atoms with Crippen LogP contribution >= 0.6 is 0 Å². The highest BCUT2D eigenvalue weighted by atomic mass is 19.2. The number of nitrogens with one attached hydrogen (secondary N) is 1. The van der Waals surface area contributed by atoms with Gasteiger partial charge in [0.2, 0.25) is 0 Å². The Morgan fingerprint density at radius 1 is 1.08 bits per heavy atom. The van der Waals surface area contributed by atoms with E-state index in [1.807, 2.05) is 30.3 Å². The number of halogens is 2. The molecule has 1 saturated heterocycles. The maximum absolute atomic E-state index is 13.8. The predicted molar refractivity (Wildman–Crippen MR) is 90.3 cm³/mol. The quantitative estimate of drug-likeness (QED) is 0.905. The SMILES string of the molecule is O=C(NCC(c1ccccc1)N1CCOCC1)c1cccc(F)c1F. The van der Waals surface area contributed by atoms with E-state index >= 15 is 0 Å². The molecule has 3 rings (SSSR count). The van der Waals surface area contributed by atoms with Gasteiger partial charge in [-0.15, -0.1) is 0 Å². The van der Waals surface area contributed by atoms with Gasteiger partial charge in [-0.2, -0.15) is 0 Å². The van der Waals surface area contributed by atoms with Crippen molar-refractivity contribution in [2.45, 2.75) is 6.04 Å². The van der Waals surface area contributed by atoms with Gasteiger partial charge in [0.25, 0.3) is 5.91 Å². The van der Waals surface area contributed by atoms with Crippen molar-refractivity contribution >= 4 is 5.91 Å². The summed E-state index contributed by atoms with van der Waals surface area (Å²) < 4.78 is 32.5. The van der Waals surface area contributed by atoms with Gasteiger partial charge in [0, 0.05) is 19.6 Å². The zero-order chi connectivity index (χ0) is 17.6. The van der Waals surface area contributed by atoms with Crippen LogP contribution in [0.5, 0.6) is 0 Å². The van der Waals surface area contributed by atoms with Gasteiger partial charge in [-0.1, -0.05) is 36.4 Å². The topological polar surface area (TPSA) is 41.6 Å². The minimum atomic E-state index is -1.12. The second kappa shape index (κ2) is 8.18. The third kappa shape index (κ3) is 4.21. The maximum atomic E-state index is 13.8. The fourth-order valence-corrected chi connectivity index (χ4v) is 2.99. The molecule has 25 heavy (non-hydrogen) atoms. The molecule has 1 unspecified atom stereocenters. The molecule has 0 saturated carbocycles. The Hall–Kier alpha value is -2.31. The Balaban J connectivity index is 1.74. The standard InChI is InChI=1S/C19H20F2N2O2/c20-16-8-4-7-15(18(16)21)19(24)22-13-17(14-5-2-1-3-6-14)23-9-11-25-12-10-23/h1-8,17H,9-13H2,(H,22,24). The van der Waals surface area contributed by atoms with Gasteiger partial charge in [-0.05, 0) is 17.7 Å². The van der Waals surface area contributed by atoms with Crippen LogP contribution in [0, 0.1) is 11.6 Å². The first-order valence-electron chi connectivity index (χ1n) is 8.26. The molecule has 1 N–H and O–H groups in total. The second-order valence-electron chi connectivity index (χ2n) is 5.89. The van der Waals surface area contributed by atoms with E-state index in [1.165, 1.54) is 12.1 Å². The Morgan fingerprint density at radius 3 is 2.52 bits per heavy atom. The average molecular weight is 346 g/mol. The fourth-order valence-electron chi connectivity index (χ4n) is 2.99. The first-order valence-corrected chi connectivity index (χ1v) is 8.26. The van der Waals surface area contributed by atoms with Gasteiger partial charge in [0.1, 0.15) is 0 Å². The van der Waals surface area contributed by atoms with Crippen molar-refractivity contribution in [1.82, 2.24) is 10.2 Å². The minimum absolute atomic E-state index is 0.0503. The van der Waals surface area contributed by atoms with Crippen molar-refractivity contribution in [3.8, 4) is 0 Å². The van der Waals surface area contributed by atoms with E-state index < -0.39 is 17.5 Å². The molecule has 1 aliphatic heterocycles. The van der Waals surface area contributed by atoms with Crippen LogP contribution in [-0.4, -0.2) is 43.7 Å². The molecular formula is C19H20F2N2O2. The Labute approximate surface area is 145 Å². The summed E-state index contributed by atoms with van der Waals surface area (Å²) in [5.41, 5.74) is 0.776. The third-order valence-electron chi connectivity index (χ3n) is 4.32. The normalized spacial score (nSPS) is 16.4. The molecule has 1 aliphatic rings. The molecule has 0 aromatic heterocycles. The molecule has 0 bridgehead atoms. The molecule has 6 heteroatoms. The highest BCUT2D eigenvalue weighted by Crippen LogP contribution is 2.21. The molecule has 1 atom stereocenters. The Bertz CT molecular complexity index is 719. The van der Waals surface area contributed by atoms with E-state index in [-0.39, 0.29) is 11.6 Å². The summed E-state index contributed by atoms with van der Waals surface area (Å²) in [6.45, 7) is 3.08. The van der Waals surface area contributed by atoms with Gasteiger partial charge < -0.3 is 10.1 Å². The number of hydrogen-bond acceptors (Lipinski definition) is 3. The summed E-state index contributed by atoms with van der Waals surface area (Å²) in [5.74, 6) is -2.77. The van der Waals surface area contributed by atoms with Crippen LogP contribution < -0.4 is 5.32 Å². The zero-order valence-corrected chi connectivity index (χ0v) is 13.8. The number of carbonyl (C=O) groups excluding carboxylic acids is 1. The first kappa shape index (κ1) is 17.5. The average Bonchev–Trinajstić information content (AvgIpc) is 2.66. The highest BCUT2D eigenvalue weighted by Gasteiger charge is 2.24. The lowest BCUT2D eigenvalue weighted by molar-refractivity contribution is 0.0162. The van der Waals surface area contributed by atoms with Crippen molar-refractivity contribution < 1.29 is 18.3 Å². The number of amides is 1. The molecule has 132 valence electrons. The largest absolute Gasteiger partial charge is 0.379 e. The summed E-state index contributed by atoms with van der Waals surface area (Å²) in [4.78, 5) is 14.5. The van der Waals surface area contributed by atoms with Crippen LogP contribution in [-0.2, 0) is 4.74 Å². The molecule has 1 fully saturated rings. The summed E-state index contributed by atoms with van der Waals surface area (Å²) in [7, 11) is 0. The van der Waals surface area contributed by atoms with Gasteiger partial charge >= 0.3 is 0 Å². The number of rotatable bonds is 5. The molecule has 1 heterocycles. The molecule has 0 spiro atoms. The maximum Gasteiger partial charge on any atom is 0.254 e. The Morgan fingerprint density at radius 2 is 1.80 bits per heavy atom. The number of carbonyl (C=O) groups is 1. The van der Waals surface area contributed by atoms with E-state index in [0.29, 0.717) is 19.8 Å². The van der Waals surface area contributed by atoms with Crippen molar-refractivity contribution in [2.24, 2.45) is 0 Å². The molecule has 1 amide bonds. The summed E-state index contributed by atoms with van der Waals surface area (Å²) in [5, 5.41) is 2.73. The van der Waals surface area contributed by atoms with E-state index in [0.717, 1.165) is 24.7 Å². The molecule has 2 aromatic rings. The number of hydrogen-bond donors (Lipinski definition) is 1.